The van der Waals surface area contributed by atoms with Crippen LogP contribution in [0.2, 0.25) is 25.7 Å². The van der Waals surface area contributed by atoms with Crippen molar-refractivity contribution >= 4 is 30.9 Å². The number of anilines is 1. The molecule has 9 nitrogen and oxygen atoms in total. The van der Waals surface area contributed by atoms with Crippen LogP contribution in [0.1, 0.15) is 35.6 Å². The highest BCUT2D eigenvalue weighted by Gasteiger charge is 2.29. The molecule has 0 aliphatic heterocycles. The number of ether oxygens (including phenoxy) is 1. The number of aryl methyl sites for hydroxylation is 1. The fourth-order valence-corrected chi connectivity index (χ4v) is 4.10. The van der Waals surface area contributed by atoms with Crippen LogP contribution in [0.5, 0.6) is 0 Å². The first-order valence-corrected chi connectivity index (χ1v) is 13.4. The van der Waals surface area contributed by atoms with Crippen LogP contribution >= 0.6 is 0 Å². The van der Waals surface area contributed by atoms with Gasteiger partial charge in [-0.2, -0.15) is 5.10 Å². The van der Waals surface area contributed by atoms with Gasteiger partial charge in [-0.1, -0.05) is 19.6 Å². The van der Waals surface area contributed by atoms with Crippen LogP contribution in [0.25, 0.3) is 11.0 Å². The highest BCUT2D eigenvalue weighted by Crippen LogP contribution is 2.29. The van der Waals surface area contributed by atoms with Gasteiger partial charge in [-0.05, 0) is 32.2 Å². The lowest BCUT2D eigenvalue weighted by molar-refractivity contribution is 0.0676. The van der Waals surface area contributed by atoms with Crippen molar-refractivity contribution in [3.63, 3.8) is 0 Å². The molecular formula is C18H29N5O4Si. The number of aromatic nitrogens is 4. The average Bonchev–Trinajstić information content (AvgIpc) is 3.15. The first kappa shape index (κ1) is 20.7. The van der Waals surface area contributed by atoms with Crippen LogP contribution in [0.4, 0.5) is 5.82 Å². The van der Waals surface area contributed by atoms with E-state index in [2.05, 4.69) is 40.0 Å². The van der Waals surface area contributed by atoms with Crippen molar-refractivity contribution in [1.29, 1.82) is 0 Å². The summed E-state index contributed by atoms with van der Waals surface area (Å²) in [5.41, 5.74) is 0.312. The molecule has 0 amide bonds. The Morgan fingerprint density at radius 1 is 1.32 bits per heavy atom. The molecule has 0 aromatic carbocycles. The zero-order valence-corrected chi connectivity index (χ0v) is 17.9. The minimum absolute atomic E-state index is 0.112. The largest absolute Gasteiger partial charge is 0.476 e. The second-order valence-corrected chi connectivity index (χ2v) is 14.2. The Bertz CT molecular complexity index is 864. The maximum atomic E-state index is 11.8. The van der Waals surface area contributed by atoms with Crippen molar-refractivity contribution in [1.82, 2.24) is 19.7 Å². The number of carboxylic acid groups (broad SMARTS) is 1. The summed E-state index contributed by atoms with van der Waals surface area (Å²) < 4.78 is 7.23. The Labute approximate surface area is 165 Å². The molecule has 10 heteroatoms. The summed E-state index contributed by atoms with van der Waals surface area (Å²) in [6.07, 6.45) is 1.98. The van der Waals surface area contributed by atoms with E-state index in [-0.39, 0.29) is 18.5 Å². The van der Waals surface area contributed by atoms with Gasteiger partial charge in [0.15, 0.2) is 11.3 Å². The van der Waals surface area contributed by atoms with Crippen molar-refractivity contribution in [2.24, 2.45) is 0 Å². The molecule has 2 atom stereocenters. The third kappa shape index (κ3) is 4.68. The SMILES string of the molecule is Cc1nc(N[C@@H]2CCC[C@H]2O)c2c(C(=O)O)nn(COCC[Si](C)(C)C)c2n1. The van der Waals surface area contributed by atoms with Crippen LogP contribution in [0.3, 0.4) is 0 Å². The van der Waals surface area contributed by atoms with Gasteiger partial charge >= 0.3 is 5.97 Å². The highest BCUT2D eigenvalue weighted by atomic mass is 28.3. The summed E-state index contributed by atoms with van der Waals surface area (Å²) in [7, 11) is -1.22. The van der Waals surface area contributed by atoms with Gasteiger partial charge in [-0.15, -0.1) is 0 Å². The summed E-state index contributed by atoms with van der Waals surface area (Å²) in [6.45, 7) is 9.30. The van der Waals surface area contributed by atoms with Crippen molar-refractivity contribution in [2.75, 3.05) is 11.9 Å². The number of hydrogen-bond donors (Lipinski definition) is 3. The van der Waals surface area contributed by atoms with Crippen molar-refractivity contribution in [2.45, 2.75) is 70.7 Å². The van der Waals surface area contributed by atoms with E-state index in [0.29, 0.717) is 29.3 Å². The minimum Gasteiger partial charge on any atom is -0.476 e. The first-order chi connectivity index (χ1) is 13.2. The standard InChI is InChI=1S/C18H29N5O4Si/c1-11-19-16(21-12-6-5-7-13(12)24)14-15(18(25)26)22-23(17(14)20-11)10-27-8-9-28(2,3)4/h12-13,24H,5-10H2,1-4H3,(H,25,26)(H,19,20,21)/t12-,13-/m1/s1. The fourth-order valence-electron chi connectivity index (χ4n) is 3.34. The predicted octanol–water partition coefficient (Wildman–Crippen LogP) is 2.47. The number of nitrogens with zero attached hydrogens (tertiary/aromatic N) is 4. The number of nitrogens with one attached hydrogen (secondary N) is 1. The summed E-state index contributed by atoms with van der Waals surface area (Å²) in [4.78, 5) is 20.6. The van der Waals surface area contributed by atoms with Crippen molar-refractivity contribution < 1.29 is 19.7 Å². The lowest BCUT2D eigenvalue weighted by atomic mass is 10.2. The van der Waals surface area contributed by atoms with E-state index < -0.39 is 20.1 Å². The van der Waals surface area contributed by atoms with Crippen LogP contribution in [0, 0.1) is 6.92 Å². The van der Waals surface area contributed by atoms with Crippen LogP contribution < -0.4 is 5.32 Å². The van der Waals surface area contributed by atoms with Crippen molar-refractivity contribution in [3.8, 4) is 0 Å². The number of aromatic carboxylic acids is 1. The van der Waals surface area contributed by atoms with E-state index in [1.807, 2.05) is 0 Å². The van der Waals surface area contributed by atoms with Gasteiger partial charge in [0.2, 0.25) is 0 Å². The molecular weight excluding hydrogens is 378 g/mol. The maximum Gasteiger partial charge on any atom is 0.357 e. The molecule has 0 spiro atoms. The van der Waals surface area contributed by atoms with E-state index >= 15 is 0 Å². The van der Waals surface area contributed by atoms with E-state index in [4.69, 9.17) is 4.74 Å². The molecule has 0 bridgehead atoms. The lowest BCUT2D eigenvalue weighted by Gasteiger charge is -2.18. The number of carbonyl (C=O) groups is 1. The van der Waals surface area contributed by atoms with Gasteiger partial charge in [0.1, 0.15) is 18.4 Å². The van der Waals surface area contributed by atoms with Gasteiger partial charge in [0.05, 0.1) is 17.5 Å². The lowest BCUT2D eigenvalue weighted by Crippen LogP contribution is -2.28. The molecule has 1 fully saturated rings. The van der Waals surface area contributed by atoms with Crippen molar-refractivity contribution in [3.05, 3.63) is 11.5 Å². The molecule has 3 N–H and O–H groups in total. The van der Waals surface area contributed by atoms with Gasteiger partial charge in [-0.25, -0.2) is 19.4 Å². The maximum absolute atomic E-state index is 11.8. The number of carboxylic acids is 1. The molecule has 154 valence electrons. The molecule has 2 aromatic heterocycles. The molecule has 1 aliphatic rings. The highest BCUT2D eigenvalue weighted by molar-refractivity contribution is 6.76. The molecule has 1 saturated carbocycles. The Morgan fingerprint density at radius 2 is 2.07 bits per heavy atom. The summed E-state index contributed by atoms with van der Waals surface area (Å²) >= 11 is 0. The van der Waals surface area contributed by atoms with Gasteiger partial charge in [0.25, 0.3) is 0 Å². The van der Waals surface area contributed by atoms with Crippen LogP contribution in [-0.2, 0) is 11.5 Å². The third-order valence-electron chi connectivity index (χ3n) is 4.92. The Balaban J connectivity index is 1.92. The Morgan fingerprint density at radius 3 is 2.68 bits per heavy atom. The Hall–Kier alpha value is -2.04. The second kappa shape index (κ2) is 8.14. The smallest absolute Gasteiger partial charge is 0.357 e. The fraction of sp³-hybridized carbons (Fsp3) is 0.667. The quantitative estimate of drug-likeness (QED) is 0.450. The summed E-state index contributed by atoms with van der Waals surface area (Å²) in [5.74, 6) is -0.241. The number of hydrogen-bond acceptors (Lipinski definition) is 7. The van der Waals surface area contributed by atoms with E-state index in [0.717, 1.165) is 25.3 Å². The molecule has 1 aliphatic carbocycles. The third-order valence-corrected chi connectivity index (χ3v) is 6.62. The number of rotatable bonds is 8. The van der Waals surface area contributed by atoms with Gasteiger partial charge in [0, 0.05) is 14.7 Å². The molecule has 0 saturated heterocycles. The monoisotopic (exact) mass is 407 g/mol. The molecule has 28 heavy (non-hydrogen) atoms. The summed E-state index contributed by atoms with van der Waals surface area (Å²) in [6, 6.07) is 0.855. The van der Waals surface area contributed by atoms with Crippen LogP contribution in [-0.4, -0.2) is 62.8 Å². The molecule has 2 aromatic rings. The van der Waals surface area contributed by atoms with Gasteiger partial charge in [-0.3, -0.25) is 0 Å². The summed E-state index contributed by atoms with van der Waals surface area (Å²) in [5, 5.41) is 27.5. The van der Waals surface area contributed by atoms with Gasteiger partial charge < -0.3 is 20.3 Å². The molecule has 0 radical (unpaired) electrons. The predicted molar refractivity (Wildman–Crippen MR) is 108 cm³/mol. The molecule has 0 unspecified atom stereocenters. The van der Waals surface area contributed by atoms with E-state index in [9.17, 15) is 15.0 Å². The van der Waals surface area contributed by atoms with E-state index in [1.54, 1.807) is 6.92 Å². The average molecular weight is 408 g/mol. The Kier molecular flexibility index (Phi) is 6.01. The number of aliphatic hydroxyl groups excluding tert-OH is 1. The zero-order chi connectivity index (χ0) is 20.5. The number of fused-ring (bicyclic) bond motifs is 1. The zero-order valence-electron chi connectivity index (χ0n) is 16.9. The number of aliphatic hydroxyl groups is 1. The van der Waals surface area contributed by atoms with Crippen LogP contribution in [0.15, 0.2) is 0 Å². The van der Waals surface area contributed by atoms with E-state index in [1.165, 1.54) is 4.68 Å². The first-order valence-electron chi connectivity index (χ1n) is 9.66. The topological polar surface area (TPSA) is 122 Å². The normalized spacial score (nSPS) is 20.0. The minimum atomic E-state index is -1.22. The molecule has 2 heterocycles. The second-order valence-electron chi connectivity index (χ2n) is 8.57. The molecule has 3 rings (SSSR count).